The minimum Gasteiger partial charge on any atom is -0.456 e. The number of likely N-dealkylation sites (tertiary alicyclic amines) is 1. The van der Waals surface area contributed by atoms with Crippen molar-refractivity contribution in [3.8, 4) is 0 Å². The van der Waals surface area contributed by atoms with Crippen LogP contribution < -0.4 is 16.4 Å². The SMILES string of the molecule is C[C@@H](NC(=O)[C@@H]1C[C@@H](OC(F)F)CN1C(=O)CNC(=O)c1ccc2c(c1)oc1ccccc12)c1cc(C(=N)N)cs1. The Balaban J connectivity index is 1.25. The third kappa shape index (κ3) is 6.05. The zero-order chi connectivity index (χ0) is 29.3. The standard InChI is InChI=1S/C28H27F2N5O5S/c1-14(23-9-16(13-41-23)25(31)32)34-27(38)20-10-17(39-28(29)30)12-35(20)24(36)11-33-26(37)15-6-7-19-18-4-2-3-5-21(18)40-22(19)8-15/h2-9,13-14,17,20,28H,10-12H2,1H3,(H3,31,32)(H,33,37)(H,34,38)/t14-,17-,20+/m1/s1. The molecule has 0 radical (unpaired) electrons. The van der Waals surface area contributed by atoms with Crippen LogP contribution in [0, 0.1) is 5.41 Å². The number of hydrogen-bond acceptors (Lipinski definition) is 7. The number of amidine groups is 1. The fourth-order valence-corrected chi connectivity index (χ4v) is 5.81. The Labute approximate surface area is 236 Å². The molecule has 1 fully saturated rings. The summed E-state index contributed by atoms with van der Waals surface area (Å²) in [5.74, 6) is -1.81. The highest BCUT2D eigenvalue weighted by molar-refractivity contribution is 7.10. The molecule has 0 saturated carbocycles. The first kappa shape index (κ1) is 28.2. The van der Waals surface area contributed by atoms with Crippen molar-refractivity contribution in [3.05, 3.63) is 69.9 Å². The van der Waals surface area contributed by atoms with Gasteiger partial charge in [0, 0.05) is 45.1 Å². The third-order valence-corrected chi connectivity index (χ3v) is 8.05. The van der Waals surface area contributed by atoms with Gasteiger partial charge in [0.25, 0.3) is 5.91 Å². The van der Waals surface area contributed by atoms with Gasteiger partial charge >= 0.3 is 6.61 Å². The van der Waals surface area contributed by atoms with Crippen LogP contribution in [0.2, 0.25) is 0 Å². The van der Waals surface area contributed by atoms with Crippen molar-refractivity contribution in [3.63, 3.8) is 0 Å². The van der Waals surface area contributed by atoms with Gasteiger partial charge in [-0.15, -0.1) is 11.3 Å². The number of amides is 3. The van der Waals surface area contributed by atoms with Crippen LogP contribution >= 0.6 is 11.3 Å². The van der Waals surface area contributed by atoms with Gasteiger partial charge in [-0.05, 0) is 37.3 Å². The number of carbonyl (C=O) groups is 3. The van der Waals surface area contributed by atoms with Gasteiger partial charge in [-0.1, -0.05) is 18.2 Å². The molecule has 5 rings (SSSR count). The van der Waals surface area contributed by atoms with Crippen molar-refractivity contribution in [1.82, 2.24) is 15.5 Å². The summed E-state index contributed by atoms with van der Waals surface area (Å²) < 4.78 is 36.3. The molecule has 2 aromatic heterocycles. The maximum Gasteiger partial charge on any atom is 0.345 e. The molecule has 3 amide bonds. The van der Waals surface area contributed by atoms with E-state index in [-0.39, 0.29) is 24.4 Å². The molecule has 0 unspecified atom stereocenters. The van der Waals surface area contributed by atoms with Gasteiger partial charge in [-0.2, -0.15) is 8.78 Å². The molecule has 0 spiro atoms. The molecule has 1 saturated heterocycles. The number of hydrogen-bond donors (Lipinski definition) is 4. The van der Waals surface area contributed by atoms with Crippen molar-refractivity contribution in [2.24, 2.45) is 5.73 Å². The van der Waals surface area contributed by atoms with Crippen LogP contribution in [0.1, 0.15) is 40.2 Å². The zero-order valence-electron chi connectivity index (χ0n) is 21.9. The van der Waals surface area contributed by atoms with E-state index in [0.29, 0.717) is 16.7 Å². The fourth-order valence-electron chi connectivity index (χ4n) is 4.89. The molecule has 4 aromatic rings. The monoisotopic (exact) mass is 583 g/mol. The summed E-state index contributed by atoms with van der Waals surface area (Å²) in [7, 11) is 0. The third-order valence-electron chi connectivity index (χ3n) is 6.94. The van der Waals surface area contributed by atoms with E-state index in [2.05, 4.69) is 15.4 Å². The van der Waals surface area contributed by atoms with Gasteiger partial charge in [0.2, 0.25) is 11.8 Å². The molecule has 2 aromatic carbocycles. The first-order valence-corrected chi connectivity index (χ1v) is 13.6. The predicted molar refractivity (Wildman–Crippen MR) is 149 cm³/mol. The lowest BCUT2D eigenvalue weighted by Gasteiger charge is -2.25. The molecular formula is C28H27F2N5O5S. The number of halogens is 2. The number of thiophene rings is 1. The molecule has 214 valence electrons. The van der Waals surface area contributed by atoms with Crippen molar-refractivity contribution in [2.75, 3.05) is 13.1 Å². The number of nitrogen functional groups attached to an aromatic ring is 1. The second-order valence-electron chi connectivity index (χ2n) is 9.69. The van der Waals surface area contributed by atoms with Crippen molar-refractivity contribution in [1.29, 1.82) is 5.41 Å². The Kier molecular flexibility index (Phi) is 7.99. The molecule has 13 heteroatoms. The number of benzene rings is 2. The molecule has 3 heterocycles. The zero-order valence-corrected chi connectivity index (χ0v) is 22.7. The largest absolute Gasteiger partial charge is 0.456 e. The number of nitrogens with two attached hydrogens (primary N) is 1. The highest BCUT2D eigenvalue weighted by atomic mass is 32.1. The highest BCUT2D eigenvalue weighted by Crippen LogP contribution is 2.29. The van der Waals surface area contributed by atoms with E-state index in [1.54, 1.807) is 36.6 Å². The number of ether oxygens (including phenoxy) is 1. The number of rotatable bonds is 9. The van der Waals surface area contributed by atoms with Gasteiger partial charge in [-0.3, -0.25) is 19.8 Å². The van der Waals surface area contributed by atoms with Gasteiger partial charge in [0.1, 0.15) is 23.0 Å². The Morgan fingerprint density at radius 2 is 1.90 bits per heavy atom. The summed E-state index contributed by atoms with van der Waals surface area (Å²) in [6.45, 7) is -2.03. The van der Waals surface area contributed by atoms with E-state index >= 15 is 0 Å². The minimum absolute atomic E-state index is 0.106. The van der Waals surface area contributed by atoms with Crippen LogP contribution in [-0.4, -0.2) is 60.3 Å². The number of fused-ring (bicyclic) bond motifs is 3. The van der Waals surface area contributed by atoms with Crippen LogP contribution in [-0.2, 0) is 14.3 Å². The van der Waals surface area contributed by atoms with E-state index in [0.717, 1.165) is 20.5 Å². The maximum absolute atomic E-state index is 13.2. The normalized spacial score (nSPS) is 17.7. The summed E-state index contributed by atoms with van der Waals surface area (Å²) in [4.78, 5) is 41.0. The molecule has 1 aliphatic rings. The minimum atomic E-state index is -3.07. The van der Waals surface area contributed by atoms with E-state index in [4.69, 9.17) is 15.6 Å². The summed E-state index contributed by atoms with van der Waals surface area (Å²) in [5.41, 5.74) is 7.50. The van der Waals surface area contributed by atoms with E-state index in [1.807, 2.05) is 24.3 Å². The Morgan fingerprint density at radius 1 is 1.15 bits per heavy atom. The number of nitrogens with zero attached hydrogens (tertiary/aromatic N) is 1. The Bertz CT molecular complexity index is 1640. The molecule has 0 aliphatic carbocycles. The van der Waals surface area contributed by atoms with Gasteiger partial charge in [-0.25, -0.2) is 0 Å². The molecular weight excluding hydrogens is 556 g/mol. The second-order valence-corrected chi connectivity index (χ2v) is 10.6. The van der Waals surface area contributed by atoms with E-state index in [9.17, 15) is 23.2 Å². The van der Waals surface area contributed by atoms with Crippen LogP contribution in [0.15, 0.2) is 58.3 Å². The number of alkyl halides is 2. The van der Waals surface area contributed by atoms with Gasteiger partial charge < -0.3 is 30.4 Å². The van der Waals surface area contributed by atoms with Crippen molar-refractivity contribution < 1.29 is 32.3 Å². The molecule has 3 atom stereocenters. The lowest BCUT2D eigenvalue weighted by atomic mass is 10.1. The molecule has 1 aliphatic heterocycles. The van der Waals surface area contributed by atoms with Crippen LogP contribution in [0.25, 0.3) is 21.9 Å². The Morgan fingerprint density at radius 3 is 2.63 bits per heavy atom. The van der Waals surface area contributed by atoms with Crippen molar-refractivity contribution in [2.45, 2.75) is 38.1 Å². The topological polar surface area (TPSA) is 151 Å². The van der Waals surface area contributed by atoms with Crippen LogP contribution in [0.4, 0.5) is 8.78 Å². The van der Waals surface area contributed by atoms with Gasteiger partial charge in [0.15, 0.2) is 0 Å². The quantitative estimate of drug-likeness (QED) is 0.174. The molecule has 10 nitrogen and oxygen atoms in total. The van der Waals surface area contributed by atoms with Crippen molar-refractivity contribution >= 4 is 56.8 Å². The fraction of sp³-hybridized carbons (Fsp3) is 0.286. The van der Waals surface area contributed by atoms with Crippen LogP contribution in [0.5, 0.6) is 0 Å². The second kappa shape index (κ2) is 11.6. The lowest BCUT2D eigenvalue weighted by Crippen LogP contribution is -2.49. The highest BCUT2D eigenvalue weighted by Gasteiger charge is 2.41. The smallest absolute Gasteiger partial charge is 0.345 e. The number of furan rings is 1. The summed E-state index contributed by atoms with van der Waals surface area (Å²) >= 11 is 1.30. The van der Waals surface area contributed by atoms with Crippen LogP contribution in [0.3, 0.4) is 0 Å². The summed E-state index contributed by atoms with van der Waals surface area (Å²) in [6, 6.07) is 12.5. The lowest BCUT2D eigenvalue weighted by molar-refractivity contribution is -0.160. The Hall–Kier alpha value is -4.36. The van der Waals surface area contributed by atoms with Gasteiger partial charge in [0.05, 0.1) is 18.7 Å². The van der Waals surface area contributed by atoms with E-state index < -0.39 is 49.1 Å². The average Bonchev–Trinajstić information content (AvgIpc) is 3.68. The summed E-state index contributed by atoms with van der Waals surface area (Å²) in [5, 5.41) is 16.3. The number of carbonyl (C=O) groups excluding carboxylic acids is 3. The molecule has 0 bridgehead atoms. The molecule has 5 N–H and O–H groups in total. The summed E-state index contributed by atoms with van der Waals surface area (Å²) in [6.07, 6.45) is -1.18. The first-order chi connectivity index (χ1) is 19.6. The predicted octanol–water partition coefficient (Wildman–Crippen LogP) is 3.75. The molecule has 41 heavy (non-hydrogen) atoms. The first-order valence-electron chi connectivity index (χ1n) is 12.8. The maximum atomic E-state index is 13.2. The van der Waals surface area contributed by atoms with E-state index in [1.165, 1.54) is 11.3 Å². The average molecular weight is 584 g/mol. The number of nitrogens with one attached hydrogen (secondary N) is 3. The number of para-hydroxylation sites is 1.